The van der Waals surface area contributed by atoms with Crippen LogP contribution in [0.5, 0.6) is 0 Å². The number of hydrogen-bond acceptors (Lipinski definition) is 4. The van der Waals surface area contributed by atoms with Gasteiger partial charge in [-0.05, 0) is 24.4 Å². The summed E-state index contributed by atoms with van der Waals surface area (Å²) in [5, 5.41) is 2.09. The lowest BCUT2D eigenvalue weighted by Gasteiger charge is -2.21. The maximum Gasteiger partial charge on any atom is 0.133 e. The molecular formula is C13H17N3S. The van der Waals surface area contributed by atoms with Gasteiger partial charge in [-0.15, -0.1) is 11.3 Å². The summed E-state index contributed by atoms with van der Waals surface area (Å²) in [7, 11) is 2.05. The summed E-state index contributed by atoms with van der Waals surface area (Å²) >= 11 is 1.76. The molecule has 0 unspecified atom stereocenters. The van der Waals surface area contributed by atoms with Gasteiger partial charge in [0.05, 0.1) is 6.54 Å². The van der Waals surface area contributed by atoms with Crippen LogP contribution >= 0.6 is 11.3 Å². The Morgan fingerprint density at radius 1 is 1.41 bits per heavy atom. The second-order valence-corrected chi connectivity index (χ2v) is 5.17. The van der Waals surface area contributed by atoms with Gasteiger partial charge in [0.25, 0.3) is 0 Å². The van der Waals surface area contributed by atoms with Gasteiger partial charge in [-0.1, -0.05) is 12.1 Å². The zero-order chi connectivity index (χ0) is 12.3. The van der Waals surface area contributed by atoms with Crippen LogP contribution in [0.2, 0.25) is 0 Å². The third kappa shape index (κ3) is 2.84. The highest BCUT2D eigenvalue weighted by Crippen LogP contribution is 2.23. The van der Waals surface area contributed by atoms with Gasteiger partial charge in [-0.3, -0.25) is 0 Å². The first kappa shape index (κ1) is 12.1. The molecule has 2 aromatic rings. The predicted octanol–water partition coefficient (Wildman–Crippen LogP) is 2.80. The molecule has 2 N–H and O–H groups in total. The maximum atomic E-state index is 5.96. The lowest BCUT2D eigenvalue weighted by molar-refractivity contribution is 0.790. The Morgan fingerprint density at radius 2 is 2.24 bits per heavy atom. The maximum absolute atomic E-state index is 5.96. The average molecular weight is 247 g/mol. The van der Waals surface area contributed by atoms with E-state index in [-0.39, 0.29) is 6.04 Å². The molecule has 0 aliphatic rings. The van der Waals surface area contributed by atoms with E-state index in [1.54, 1.807) is 11.3 Å². The molecule has 0 aromatic carbocycles. The second-order valence-electron chi connectivity index (χ2n) is 4.14. The van der Waals surface area contributed by atoms with Crippen molar-refractivity contribution in [1.29, 1.82) is 0 Å². The van der Waals surface area contributed by atoms with Gasteiger partial charge in [0.1, 0.15) is 5.82 Å². The largest absolute Gasteiger partial charge is 0.354 e. The second kappa shape index (κ2) is 5.29. The molecule has 0 aliphatic carbocycles. The number of anilines is 1. The van der Waals surface area contributed by atoms with E-state index in [4.69, 9.17) is 5.73 Å². The lowest BCUT2D eigenvalue weighted by Crippen LogP contribution is -2.20. The van der Waals surface area contributed by atoms with Crippen LogP contribution < -0.4 is 10.6 Å². The first-order valence-corrected chi connectivity index (χ1v) is 6.50. The summed E-state index contributed by atoms with van der Waals surface area (Å²) in [6.45, 7) is 2.86. The van der Waals surface area contributed by atoms with Crippen molar-refractivity contribution in [3.8, 4) is 0 Å². The number of nitrogens with zero attached hydrogens (tertiary/aromatic N) is 2. The van der Waals surface area contributed by atoms with Crippen LogP contribution in [0.25, 0.3) is 0 Å². The zero-order valence-corrected chi connectivity index (χ0v) is 10.9. The van der Waals surface area contributed by atoms with E-state index < -0.39 is 0 Å². The molecule has 2 heterocycles. The fourth-order valence-electron chi connectivity index (χ4n) is 1.79. The smallest absolute Gasteiger partial charge is 0.133 e. The summed E-state index contributed by atoms with van der Waals surface area (Å²) in [4.78, 5) is 7.90. The number of aromatic nitrogens is 1. The van der Waals surface area contributed by atoms with Gasteiger partial charge in [0, 0.05) is 29.7 Å². The number of thiophene rings is 1. The molecule has 0 saturated carbocycles. The van der Waals surface area contributed by atoms with Crippen LogP contribution in [0.4, 0.5) is 5.82 Å². The highest BCUT2D eigenvalue weighted by atomic mass is 32.1. The molecule has 90 valence electrons. The van der Waals surface area contributed by atoms with Crippen molar-refractivity contribution in [3.05, 3.63) is 46.3 Å². The molecule has 0 amide bonds. The van der Waals surface area contributed by atoms with Gasteiger partial charge in [0.2, 0.25) is 0 Å². The van der Waals surface area contributed by atoms with Crippen molar-refractivity contribution in [2.24, 2.45) is 5.73 Å². The molecule has 0 saturated heterocycles. The molecule has 0 spiro atoms. The first-order chi connectivity index (χ1) is 8.18. The van der Waals surface area contributed by atoms with Crippen LogP contribution in [0.3, 0.4) is 0 Å². The van der Waals surface area contributed by atoms with Crippen molar-refractivity contribution in [2.75, 3.05) is 11.9 Å². The summed E-state index contributed by atoms with van der Waals surface area (Å²) < 4.78 is 0. The number of pyridine rings is 1. The van der Waals surface area contributed by atoms with E-state index in [1.165, 1.54) is 4.88 Å². The summed E-state index contributed by atoms with van der Waals surface area (Å²) in [6.07, 6.45) is 1.81. The van der Waals surface area contributed by atoms with E-state index in [0.29, 0.717) is 0 Å². The molecule has 0 fully saturated rings. The third-order valence-corrected chi connectivity index (χ3v) is 3.50. The Morgan fingerprint density at radius 3 is 2.88 bits per heavy atom. The minimum Gasteiger partial charge on any atom is -0.354 e. The van der Waals surface area contributed by atoms with E-state index >= 15 is 0 Å². The summed E-state index contributed by atoms with van der Waals surface area (Å²) in [5.41, 5.74) is 7.05. The minimum atomic E-state index is 0.00415. The van der Waals surface area contributed by atoms with Gasteiger partial charge < -0.3 is 10.6 Å². The predicted molar refractivity (Wildman–Crippen MR) is 73.3 cm³/mol. The third-order valence-electron chi connectivity index (χ3n) is 2.64. The molecule has 2 rings (SSSR count). The van der Waals surface area contributed by atoms with Crippen LogP contribution in [0.1, 0.15) is 23.4 Å². The Bertz CT molecular complexity index is 465. The number of nitrogens with two attached hydrogens (primary N) is 1. The van der Waals surface area contributed by atoms with Crippen molar-refractivity contribution in [3.63, 3.8) is 0 Å². The minimum absolute atomic E-state index is 0.00415. The summed E-state index contributed by atoms with van der Waals surface area (Å²) in [6, 6.07) is 8.18. The van der Waals surface area contributed by atoms with Crippen LogP contribution in [-0.2, 0) is 6.54 Å². The number of hydrogen-bond donors (Lipinski definition) is 1. The molecule has 0 bridgehead atoms. The van der Waals surface area contributed by atoms with Gasteiger partial charge >= 0.3 is 0 Å². The highest BCUT2D eigenvalue weighted by molar-refractivity contribution is 7.09. The zero-order valence-electron chi connectivity index (χ0n) is 10.1. The molecular weight excluding hydrogens is 230 g/mol. The molecule has 3 nitrogen and oxygen atoms in total. The van der Waals surface area contributed by atoms with Crippen LogP contribution in [-0.4, -0.2) is 12.0 Å². The average Bonchev–Trinajstić information content (AvgIpc) is 2.81. The quantitative estimate of drug-likeness (QED) is 0.903. The lowest BCUT2D eigenvalue weighted by atomic mass is 10.1. The van der Waals surface area contributed by atoms with E-state index in [0.717, 1.165) is 17.9 Å². The van der Waals surface area contributed by atoms with Crippen LogP contribution in [0.15, 0.2) is 35.8 Å². The molecule has 1 atom stereocenters. The Kier molecular flexibility index (Phi) is 3.76. The van der Waals surface area contributed by atoms with Crippen molar-refractivity contribution in [1.82, 2.24) is 4.98 Å². The fourth-order valence-corrected chi connectivity index (χ4v) is 2.55. The molecule has 17 heavy (non-hydrogen) atoms. The first-order valence-electron chi connectivity index (χ1n) is 5.62. The summed E-state index contributed by atoms with van der Waals surface area (Å²) in [5.74, 6) is 0.968. The van der Waals surface area contributed by atoms with Gasteiger partial charge in [-0.25, -0.2) is 4.98 Å². The standard InChI is InChI=1S/C13H17N3S/c1-10(14)12-6-3-7-15-13(12)16(2)9-11-5-4-8-17-11/h3-8,10H,9,14H2,1-2H3/t10-/m0/s1. The Hall–Kier alpha value is -1.39. The van der Waals surface area contributed by atoms with Crippen LogP contribution in [0, 0.1) is 0 Å². The molecule has 4 heteroatoms. The Labute approximate surface area is 106 Å². The Balaban J connectivity index is 2.21. The molecule has 0 radical (unpaired) electrons. The normalized spacial score (nSPS) is 12.4. The van der Waals surface area contributed by atoms with Gasteiger partial charge in [-0.2, -0.15) is 0 Å². The monoisotopic (exact) mass is 247 g/mol. The van der Waals surface area contributed by atoms with Crippen molar-refractivity contribution in [2.45, 2.75) is 19.5 Å². The molecule has 2 aromatic heterocycles. The van der Waals surface area contributed by atoms with E-state index in [1.807, 2.05) is 32.3 Å². The molecule has 0 aliphatic heterocycles. The fraction of sp³-hybridized carbons (Fsp3) is 0.308. The van der Waals surface area contributed by atoms with Gasteiger partial charge in [0.15, 0.2) is 0 Å². The van der Waals surface area contributed by atoms with E-state index in [9.17, 15) is 0 Å². The highest BCUT2D eigenvalue weighted by Gasteiger charge is 2.12. The number of rotatable bonds is 4. The van der Waals surface area contributed by atoms with E-state index in [2.05, 4.69) is 27.4 Å². The topological polar surface area (TPSA) is 42.1 Å². The SMILES string of the molecule is C[C@H](N)c1cccnc1N(C)Cc1cccs1. The van der Waals surface area contributed by atoms with Crippen molar-refractivity contribution < 1.29 is 0 Å². The van der Waals surface area contributed by atoms with Crippen molar-refractivity contribution >= 4 is 17.2 Å².